The zero-order valence-electron chi connectivity index (χ0n) is 13.6. The predicted molar refractivity (Wildman–Crippen MR) is 90.3 cm³/mol. The van der Waals surface area contributed by atoms with Gasteiger partial charge in [0.1, 0.15) is 5.82 Å². The van der Waals surface area contributed by atoms with E-state index in [9.17, 15) is 9.59 Å². The monoisotopic (exact) mass is 327 g/mol. The summed E-state index contributed by atoms with van der Waals surface area (Å²) >= 11 is 0. The molecule has 1 aromatic heterocycles. The summed E-state index contributed by atoms with van der Waals surface area (Å²) < 4.78 is 2.14. The molecule has 7 nitrogen and oxygen atoms in total. The summed E-state index contributed by atoms with van der Waals surface area (Å²) in [5, 5.41) is 2.38. The molecule has 0 spiro atoms. The van der Waals surface area contributed by atoms with Gasteiger partial charge in [-0.2, -0.15) is 0 Å². The Hall–Kier alpha value is -2.83. The number of fused-ring (bicyclic) bond motifs is 1. The lowest BCUT2D eigenvalue weighted by Gasteiger charge is -2.09. The lowest BCUT2D eigenvalue weighted by Crippen LogP contribution is -2.46. The maximum atomic E-state index is 12.5. The zero-order valence-corrected chi connectivity index (χ0v) is 13.6. The third-order valence-electron chi connectivity index (χ3n) is 4.13. The quantitative estimate of drug-likeness (QED) is 0.736. The molecule has 2 aromatic rings. The van der Waals surface area contributed by atoms with Crippen molar-refractivity contribution in [1.82, 2.24) is 25.7 Å². The number of nitrogens with zero attached hydrogens (tertiary/aromatic N) is 2. The third kappa shape index (κ3) is 3.24. The number of aromatic nitrogens is 2. The van der Waals surface area contributed by atoms with Gasteiger partial charge in [-0.25, -0.2) is 15.2 Å². The van der Waals surface area contributed by atoms with Crippen molar-refractivity contribution < 1.29 is 9.59 Å². The van der Waals surface area contributed by atoms with Crippen molar-refractivity contribution in [3.05, 3.63) is 41.7 Å². The van der Waals surface area contributed by atoms with Gasteiger partial charge in [-0.1, -0.05) is 36.8 Å². The van der Waals surface area contributed by atoms with Crippen molar-refractivity contribution in [2.75, 3.05) is 7.05 Å². The highest BCUT2D eigenvalue weighted by atomic mass is 16.2. The molecule has 0 bridgehead atoms. The summed E-state index contributed by atoms with van der Waals surface area (Å²) in [7, 11) is 1.48. The van der Waals surface area contributed by atoms with Crippen LogP contribution in [-0.4, -0.2) is 28.5 Å². The topological polar surface area (TPSA) is 88.1 Å². The van der Waals surface area contributed by atoms with E-state index in [4.69, 9.17) is 0 Å². The Kier molecular flexibility index (Phi) is 4.79. The van der Waals surface area contributed by atoms with Gasteiger partial charge >= 0.3 is 6.03 Å². The van der Waals surface area contributed by atoms with Crippen molar-refractivity contribution in [2.45, 2.75) is 32.2 Å². The van der Waals surface area contributed by atoms with E-state index in [-0.39, 0.29) is 0 Å². The zero-order chi connectivity index (χ0) is 16.9. The van der Waals surface area contributed by atoms with Gasteiger partial charge in [0.05, 0.1) is 5.69 Å². The standard InChI is InChI=1S/C17H21N5O2/c1-18-17(24)21-20-16(23)14-13-10-6-3-7-11-22(13)15(19-14)12-8-4-2-5-9-12/h2,4-5,8-9H,3,6-7,10-11H2,1H3,(H,20,23)(H2,18,21,24). The van der Waals surface area contributed by atoms with Crippen LogP contribution in [0.5, 0.6) is 0 Å². The highest BCUT2D eigenvalue weighted by Gasteiger charge is 2.24. The number of urea groups is 1. The summed E-state index contributed by atoms with van der Waals surface area (Å²) in [6.45, 7) is 0.850. The summed E-state index contributed by atoms with van der Waals surface area (Å²) in [4.78, 5) is 28.3. The smallest absolute Gasteiger partial charge is 0.333 e. The first-order valence-corrected chi connectivity index (χ1v) is 8.13. The number of rotatable bonds is 2. The molecule has 0 aliphatic carbocycles. The average Bonchev–Trinajstić information content (AvgIpc) is 2.81. The fourth-order valence-electron chi connectivity index (χ4n) is 2.94. The van der Waals surface area contributed by atoms with Crippen LogP contribution in [0.2, 0.25) is 0 Å². The summed E-state index contributed by atoms with van der Waals surface area (Å²) in [5.41, 5.74) is 7.01. The molecular formula is C17H21N5O2. The largest absolute Gasteiger partial charge is 0.340 e. The third-order valence-corrected chi connectivity index (χ3v) is 4.13. The molecule has 0 saturated carbocycles. The van der Waals surface area contributed by atoms with E-state index in [1.54, 1.807) is 0 Å². The van der Waals surface area contributed by atoms with Gasteiger partial charge in [0, 0.05) is 19.2 Å². The second-order valence-electron chi connectivity index (χ2n) is 5.72. The van der Waals surface area contributed by atoms with Crippen LogP contribution in [0.15, 0.2) is 30.3 Å². The van der Waals surface area contributed by atoms with Crippen molar-refractivity contribution in [3.63, 3.8) is 0 Å². The van der Waals surface area contributed by atoms with Crippen molar-refractivity contribution in [3.8, 4) is 11.4 Å². The van der Waals surface area contributed by atoms with Crippen LogP contribution in [0.3, 0.4) is 0 Å². The van der Waals surface area contributed by atoms with E-state index in [0.29, 0.717) is 5.69 Å². The molecule has 1 aromatic carbocycles. The SMILES string of the molecule is CNC(=O)NNC(=O)c1nc(-c2ccccc2)n2c1CCCCC2. The average molecular weight is 327 g/mol. The molecule has 3 amide bonds. The summed E-state index contributed by atoms with van der Waals surface area (Å²) in [6, 6.07) is 9.38. The van der Waals surface area contributed by atoms with Crippen LogP contribution >= 0.6 is 0 Å². The van der Waals surface area contributed by atoms with E-state index in [0.717, 1.165) is 49.3 Å². The van der Waals surface area contributed by atoms with E-state index in [1.807, 2.05) is 30.3 Å². The van der Waals surface area contributed by atoms with E-state index in [1.165, 1.54) is 7.05 Å². The van der Waals surface area contributed by atoms with Gasteiger partial charge in [-0.15, -0.1) is 0 Å². The Labute approximate surface area is 140 Å². The van der Waals surface area contributed by atoms with E-state index in [2.05, 4.69) is 25.7 Å². The van der Waals surface area contributed by atoms with Crippen molar-refractivity contribution in [2.24, 2.45) is 0 Å². The van der Waals surface area contributed by atoms with Crippen LogP contribution in [0.25, 0.3) is 11.4 Å². The lowest BCUT2D eigenvalue weighted by atomic mass is 10.1. The Bertz CT molecular complexity index is 739. The van der Waals surface area contributed by atoms with Gasteiger partial charge < -0.3 is 9.88 Å². The van der Waals surface area contributed by atoms with Crippen LogP contribution < -0.4 is 16.2 Å². The Morgan fingerprint density at radius 1 is 1.08 bits per heavy atom. The Morgan fingerprint density at radius 3 is 2.62 bits per heavy atom. The normalized spacial score (nSPS) is 13.5. The highest BCUT2D eigenvalue weighted by Crippen LogP contribution is 2.26. The molecule has 0 radical (unpaired) electrons. The molecule has 0 atom stereocenters. The maximum absolute atomic E-state index is 12.5. The van der Waals surface area contributed by atoms with Gasteiger partial charge in [0.15, 0.2) is 5.69 Å². The molecular weight excluding hydrogens is 306 g/mol. The second-order valence-corrected chi connectivity index (χ2v) is 5.72. The van der Waals surface area contributed by atoms with Crippen LogP contribution in [-0.2, 0) is 13.0 Å². The molecule has 3 N–H and O–H groups in total. The Balaban J connectivity index is 1.96. The molecule has 126 valence electrons. The fraction of sp³-hybridized carbons (Fsp3) is 0.353. The predicted octanol–water partition coefficient (Wildman–Crippen LogP) is 1.85. The molecule has 1 aliphatic heterocycles. The number of hydrogen-bond donors (Lipinski definition) is 3. The second kappa shape index (κ2) is 7.16. The molecule has 3 rings (SSSR count). The number of benzene rings is 1. The van der Waals surface area contributed by atoms with Crippen molar-refractivity contribution >= 4 is 11.9 Å². The minimum Gasteiger partial charge on any atom is -0.340 e. The lowest BCUT2D eigenvalue weighted by molar-refractivity contribution is 0.0931. The number of hydrogen-bond acceptors (Lipinski definition) is 3. The van der Waals surface area contributed by atoms with E-state index < -0.39 is 11.9 Å². The number of carbonyl (C=O) groups excluding carboxylic acids is 2. The fourth-order valence-corrected chi connectivity index (χ4v) is 2.94. The first-order chi connectivity index (χ1) is 11.7. The van der Waals surface area contributed by atoms with Gasteiger partial charge in [0.2, 0.25) is 0 Å². The van der Waals surface area contributed by atoms with Crippen LogP contribution in [0.1, 0.15) is 35.4 Å². The van der Waals surface area contributed by atoms with Crippen LogP contribution in [0.4, 0.5) is 4.79 Å². The molecule has 24 heavy (non-hydrogen) atoms. The minimum atomic E-state index is -0.475. The minimum absolute atomic E-state index is 0.382. The first-order valence-electron chi connectivity index (χ1n) is 8.13. The van der Waals surface area contributed by atoms with Crippen LogP contribution in [0, 0.1) is 0 Å². The number of imidazole rings is 1. The molecule has 0 fully saturated rings. The number of carbonyl (C=O) groups is 2. The first kappa shape index (κ1) is 16.0. The Morgan fingerprint density at radius 2 is 1.88 bits per heavy atom. The summed E-state index contributed by atoms with van der Waals surface area (Å²) in [5.74, 6) is 0.407. The highest BCUT2D eigenvalue weighted by molar-refractivity contribution is 5.95. The summed E-state index contributed by atoms with van der Waals surface area (Å²) in [6.07, 6.45) is 4.04. The maximum Gasteiger partial charge on any atom is 0.333 e. The van der Waals surface area contributed by atoms with Gasteiger partial charge in [-0.05, 0) is 19.3 Å². The van der Waals surface area contributed by atoms with Gasteiger partial charge in [-0.3, -0.25) is 10.2 Å². The molecule has 0 unspecified atom stereocenters. The van der Waals surface area contributed by atoms with E-state index >= 15 is 0 Å². The molecule has 1 aliphatic rings. The van der Waals surface area contributed by atoms with Crippen molar-refractivity contribution in [1.29, 1.82) is 0 Å². The number of hydrazine groups is 1. The number of amides is 3. The molecule has 2 heterocycles. The number of nitrogens with one attached hydrogen (secondary N) is 3. The molecule has 7 heteroatoms. The van der Waals surface area contributed by atoms with Gasteiger partial charge in [0.25, 0.3) is 5.91 Å². The molecule has 0 saturated heterocycles.